The molecule has 1 aliphatic heterocycles. The largest absolute Gasteiger partial charge is 0.453 e. The van der Waals surface area contributed by atoms with Crippen molar-refractivity contribution in [2.24, 2.45) is 5.73 Å². The Balaban J connectivity index is 1.68. The Morgan fingerprint density at radius 1 is 1.03 bits per heavy atom. The number of anilines is 1. The Labute approximate surface area is 189 Å². The van der Waals surface area contributed by atoms with E-state index in [-0.39, 0.29) is 5.91 Å². The molecule has 1 aromatic heterocycles. The van der Waals surface area contributed by atoms with Crippen LogP contribution in [-0.4, -0.2) is 36.5 Å². The van der Waals surface area contributed by atoms with Gasteiger partial charge >= 0.3 is 6.09 Å². The number of nitrogens with one attached hydrogen (secondary N) is 1. The van der Waals surface area contributed by atoms with Gasteiger partial charge < -0.3 is 20.7 Å². The van der Waals surface area contributed by atoms with Gasteiger partial charge in [-0.1, -0.05) is 60.7 Å². The van der Waals surface area contributed by atoms with Crippen LogP contribution in [0.1, 0.15) is 37.8 Å². The van der Waals surface area contributed by atoms with Crippen LogP contribution in [0.25, 0.3) is 0 Å². The minimum atomic E-state index is -0.597. The fourth-order valence-electron chi connectivity index (χ4n) is 4.01. The molecule has 1 aliphatic rings. The smallest absolute Gasteiger partial charge is 0.409 e. The van der Waals surface area contributed by atoms with Crippen LogP contribution in [0.15, 0.2) is 60.7 Å². The van der Waals surface area contributed by atoms with Crippen molar-refractivity contribution in [1.29, 1.82) is 0 Å². The number of nitrogens with zero attached hydrogens (tertiary/aromatic N) is 1. The molecule has 0 saturated heterocycles. The first-order chi connectivity index (χ1) is 15.5. The Morgan fingerprint density at radius 3 is 2.16 bits per heavy atom. The molecule has 8 heteroatoms. The normalized spacial score (nSPS) is 12.9. The molecule has 4 rings (SSSR count). The fraction of sp³-hybridized carbons (Fsp3) is 0.208. The summed E-state index contributed by atoms with van der Waals surface area (Å²) in [5.41, 5.74) is 8.48. The van der Waals surface area contributed by atoms with E-state index in [1.54, 1.807) is 4.90 Å². The Bertz CT molecular complexity index is 1110. The summed E-state index contributed by atoms with van der Waals surface area (Å²) in [5.74, 6) is -1.41. The lowest BCUT2D eigenvalue weighted by molar-refractivity contribution is -0.116. The minimum absolute atomic E-state index is 0.256. The number of hydrogen-bond acceptors (Lipinski definition) is 5. The topological polar surface area (TPSA) is 102 Å². The van der Waals surface area contributed by atoms with Crippen LogP contribution in [0.5, 0.6) is 0 Å². The maximum absolute atomic E-state index is 13.5. The van der Waals surface area contributed by atoms with Crippen LogP contribution in [-0.2, 0) is 22.5 Å². The number of primary amides is 1. The molecule has 3 amide bonds. The molecule has 164 valence electrons. The number of carbonyl (C=O) groups is 3. The van der Waals surface area contributed by atoms with Crippen LogP contribution >= 0.6 is 11.3 Å². The molecular formula is C24H23N3O4S. The van der Waals surface area contributed by atoms with Gasteiger partial charge in [-0.25, -0.2) is 4.79 Å². The second kappa shape index (κ2) is 9.23. The quantitative estimate of drug-likeness (QED) is 0.619. The number of amides is 3. The first kappa shape index (κ1) is 21.6. The van der Waals surface area contributed by atoms with Gasteiger partial charge in [0.2, 0.25) is 5.91 Å². The van der Waals surface area contributed by atoms with Gasteiger partial charge in [0, 0.05) is 11.4 Å². The van der Waals surface area contributed by atoms with Crippen LogP contribution in [0.2, 0.25) is 0 Å². The van der Waals surface area contributed by atoms with Gasteiger partial charge in [-0.05, 0) is 23.1 Å². The predicted molar refractivity (Wildman–Crippen MR) is 123 cm³/mol. The average Bonchev–Trinajstić information content (AvgIpc) is 3.17. The Hall–Kier alpha value is -3.65. The summed E-state index contributed by atoms with van der Waals surface area (Å²) in [6.07, 6.45) is 0.0408. The maximum Gasteiger partial charge on any atom is 0.409 e. The molecule has 3 N–H and O–H groups in total. The molecular weight excluding hydrogens is 426 g/mol. The second-order valence-electron chi connectivity index (χ2n) is 7.46. The van der Waals surface area contributed by atoms with Crippen molar-refractivity contribution in [3.63, 3.8) is 0 Å². The number of thiophene rings is 1. The molecule has 0 radical (unpaired) electrons. The van der Waals surface area contributed by atoms with Gasteiger partial charge in [-0.15, -0.1) is 11.3 Å². The van der Waals surface area contributed by atoms with E-state index in [0.29, 0.717) is 30.1 Å². The van der Waals surface area contributed by atoms with Crippen molar-refractivity contribution in [1.82, 2.24) is 4.90 Å². The molecule has 32 heavy (non-hydrogen) atoms. The van der Waals surface area contributed by atoms with Crippen molar-refractivity contribution in [2.45, 2.75) is 18.9 Å². The van der Waals surface area contributed by atoms with Crippen LogP contribution in [0.3, 0.4) is 0 Å². The molecule has 0 atom stereocenters. The lowest BCUT2D eigenvalue weighted by atomic mass is 9.90. The number of methoxy groups -OCH3 is 1. The summed E-state index contributed by atoms with van der Waals surface area (Å²) in [7, 11) is 1.33. The molecule has 3 aromatic rings. The first-order valence-corrected chi connectivity index (χ1v) is 11.0. The zero-order valence-corrected chi connectivity index (χ0v) is 18.4. The first-order valence-electron chi connectivity index (χ1n) is 10.2. The highest BCUT2D eigenvalue weighted by Crippen LogP contribution is 2.38. The van der Waals surface area contributed by atoms with Gasteiger partial charge in [-0.2, -0.15) is 0 Å². The van der Waals surface area contributed by atoms with E-state index in [0.717, 1.165) is 21.6 Å². The third-order valence-corrected chi connectivity index (χ3v) is 6.63. The maximum atomic E-state index is 13.5. The van der Waals surface area contributed by atoms with E-state index in [4.69, 9.17) is 10.5 Å². The summed E-state index contributed by atoms with van der Waals surface area (Å²) >= 11 is 1.28. The van der Waals surface area contributed by atoms with Gasteiger partial charge in [-0.3, -0.25) is 9.59 Å². The Morgan fingerprint density at radius 2 is 1.62 bits per heavy atom. The van der Waals surface area contributed by atoms with E-state index < -0.39 is 17.9 Å². The number of nitrogens with two attached hydrogens (primary N) is 1. The van der Waals surface area contributed by atoms with Gasteiger partial charge in [0.15, 0.2) is 0 Å². The summed E-state index contributed by atoms with van der Waals surface area (Å²) in [6, 6.07) is 19.0. The average molecular weight is 450 g/mol. The van der Waals surface area contributed by atoms with Crippen molar-refractivity contribution in [3.8, 4) is 0 Å². The molecule has 2 aromatic carbocycles. The van der Waals surface area contributed by atoms with Gasteiger partial charge in [0.1, 0.15) is 5.00 Å². The van der Waals surface area contributed by atoms with Crippen LogP contribution in [0, 0.1) is 0 Å². The third kappa shape index (κ3) is 4.22. The molecule has 7 nitrogen and oxygen atoms in total. The standard InChI is InChI=1S/C24H23N3O4S/c1-31-24(30)27-13-12-17-18(14-27)32-23(20(17)21(25)28)26-22(29)19(15-8-4-2-5-9-15)16-10-6-3-7-11-16/h2-11,19H,12-14H2,1H3,(H2,25,28)(H,26,29). The summed E-state index contributed by atoms with van der Waals surface area (Å²) in [5, 5.41) is 3.36. The number of fused-ring (bicyclic) bond motifs is 1. The van der Waals surface area contributed by atoms with Crippen molar-refractivity contribution in [2.75, 3.05) is 19.0 Å². The highest BCUT2D eigenvalue weighted by Gasteiger charge is 2.31. The molecule has 0 bridgehead atoms. The highest BCUT2D eigenvalue weighted by molar-refractivity contribution is 7.17. The predicted octanol–water partition coefficient (Wildman–Crippen LogP) is 3.74. The van der Waals surface area contributed by atoms with Crippen LogP contribution in [0.4, 0.5) is 9.80 Å². The molecule has 0 spiro atoms. The molecule has 2 heterocycles. The number of carbonyl (C=O) groups excluding carboxylic acids is 3. The van der Waals surface area contributed by atoms with E-state index in [2.05, 4.69) is 5.32 Å². The molecule has 0 aliphatic carbocycles. The van der Waals surface area contributed by atoms with E-state index in [1.807, 2.05) is 60.7 Å². The number of benzene rings is 2. The SMILES string of the molecule is COC(=O)N1CCc2c(sc(NC(=O)C(c3ccccc3)c3ccccc3)c2C(N)=O)C1. The summed E-state index contributed by atoms with van der Waals surface area (Å²) in [6.45, 7) is 0.727. The second-order valence-corrected chi connectivity index (χ2v) is 8.56. The fourth-order valence-corrected chi connectivity index (χ4v) is 5.28. The zero-order valence-electron chi connectivity index (χ0n) is 17.5. The summed E-state index contributed by atoms with van der Waals surface area (Å²) in [4.78, 5) is 40.1. The molecule has 0 fully saturated rings. The lowest BCUT2D eigenvalue weighted by Crippen LogP contribution is -2.35. The van der Waals surface area contributed by atoms with Crippen molar-refractivity contribution < 1.29 is 19.1 Å². The van der Waals surface area contributed by atoms with Gasteiger partial charge in [0.25, 0.3) is 5.91 Å². The van der Waals surface area contributed by atoms with E-state index in [9.17, 15) is 14.4 Å². The number of hydrogen-bond donors (Lipinski definition) is 2. The summed E-state index contributed by atoms with van der Waals surface area (Å²) < 4.78 is 4.81. The Kier molecular flexibility index (Phi) is 6.23. The molecule has 0 saturated carbocycles. The highest BCUT2D eigenvalue weighted by atomic mass is 32.1. The number of rotatable bonds is 5. The lowest BCUT2D eigenvalue weighted by Gasteiger charge is -2.25. The monoisotopic (exact) mass is 449 g/mol. The minimum Gasteiger partial charge on any atom is -0.453 e. The van der Waals surface area contributed by atoms with Crippen LogP contribution < -0.4 is 11.1 Å². The third-order valence-electron chi connectivity index (χ3n) is 5.50. The zero-order chi connectivity index (χ0) is 22.7. The van der Waals surface area contributed by atoms with E-state index in [1.165, 1.54) is 18.4 Å². The van der Waals surface area contributed by atoms with Crippen molar-refractivity contribution in [3.05, 3.63) is 87.8 Å². The molecule has 0 unspecified atom stereocenters. The van der Waals surface area contributed by atoms with Gasteiger partial charge in [0.05, 0.1) is 25.1 Å². The van der Waals surface area contributed by atoms with E-state index >= 15 is 0 Å². The van der Waals surface area contributed by atoms with Crippen molar-refractivity contribution >= 4 is 34.2 Å². The number of ether oxygens (including phenoxy) is 1.